The molecule has 0 saturated heterocycles. The summed E-state index contributed by atoms with van der Waals surface area (Å²) >= 11 is 0. The van der Waals surface area contributed by atoms with Crippen molar-refractivity contribution in [3.8, 4) is 68.2 Å². The Balaban J connectivity index is 1.09. The number of hydrogen-bond donors (Lipinski definition) is 0. The van der Waals surface area contributed by atoms with Gasteiger partial charge in [0.15, 0.2) is 28.6 Å². The molecule has 0 bridgehead atoms. The van der Waals surface area contributed by atoms with E-state index in [1.807, 2.05) is 115 Å². The summed E-state index contributed by atoms with van der Waals surface area (Å²) in [7, 11) is 0. The summed E-state index contributed by atoms with van der Waals surface area (Å²) in [5.74, 6) is 2.40. The largest absolute Gasteiger partial charge is 0.456 e. The molecular weight excluding hydrogens is 731 g/mol. The van der Waals surface area contributed by atoms with Crippen LogP contribution in [0.15, 0.2) is 189 Å². The highest BCUT2D eigenvalue weighted by molar-refractivity contribution is 6.11. The number of para-hydroxylation sites is 5. The third-order valence-corrected chi connectivity index (χ3v) is 10.8. The van der Waals surface area contributed by atoms with Crippen LogP contribution in [0.5, 0.6) is 0 Å². The van der Waals surface area contributed by atoms with Gasteiger partial charge >= 0.3 is 0 Å². The number of furan rings is 1. The fourth-order valence-corrected chi connectivity index (χ4v) is 7.92. The van der Waals surface area contributed by atoms with Crippen molar-refractivity contribution < 1.29 is 13.3 Å². The molecule has 8 aromatic carbocycles. The third kappa shape index (κ3) is 5.73. The summed E-state index contributed by atoms with van der Waals surface area (Å²) in [4.78, 5) is 25.4. The maximum atomic E-state index is 6.32. The Bertz CT molecular complexity index is 3440. The predicted molar refractivity (Wildman–Crippen MR) is 232 cm³/mol. The molecule has 12 rings (SSSR count). The van der Waals surface area contributed by atoms with Crippen LogP contribution in [0.1, 0.15) is 0 Å². The highest BCUT2D eigenvalue weighted by atomic mass is 16.4. The molecule has 276 valence electrons. The van der Waals surface area contributed by atoms with Crippen LogP contribution in [0.4, 0.5) is 0 Å². The van der Waals surface area contributed by atoms with Crippen molar-refractivity contribution in [2.75, 3.05) is 0 Å². The smallest absolute Gasteiger partial charge is 0.227 e. The molecule has 0 radical (unpaired) electrons. The van der Waals surface area contributed by atoms with Gasteiger partial charge in [0.25, 0.3) is 0 Å². The number of fused-ring (bicyclic) bond motifs is 6. The summed E-state index contributed by atoms with van der Waals surface area (Å²) in [5, 5.41) is 4.28. The summed E-state index contributed by atoms with van der Waals surface area (Å²) in [5.41, 5.74) is 10.4. The molecule has 0 unspecified atom stereocenters. The van der Waals surface area contributed by atoms with E-state index in [0.717, 1.165) is 66.4 Å². The van der Waals surface area contributed by atoms with Crippen LogP contribution in [-0.4, -0.2) is 24.9 Å². The van der Waals surface area contributed by atoms with Gasteiger partial charge in [-0.25, -0.2) is 24.9 Å². The lowest BCUT2D eigenvalue weighted by atomic mass is 9.99. The van der Waals surface area contributed by atoms with E-state index >= 15 is 0 Å². The van der Waals surface area contributed by atoms with E-state index in [2.05, 4.69) is 60.7 Å². The Morgan fingerprint density at radius 1 is 0.305 bits per heavy atom. The Morgan fingerprint density at radius 3 is 1.59 bits per heavy atom. The number of rotatable bonds is 6. The molecular formula is C51H29N5O3. The van der Waals surface area contributed by atoms with Crippen LogP contribution in [0.3, 0.4) is 0 Å². The summed E-state index contributed by atoms with van der Waals surface area (Å²) in [6.45, 7) is 0. The van der Waals surface area contributed by atoms with E-state index in [1.54, 1.807) is 0 Å². The maximum Gasteiger partial charge on any atom is 0.227 e. The van der Waals surface area contributed by atoms with Gasteiger partial charge in [-0.2, -0.15) is 0 Å². The molecule has 0 amide bonds. The van der Waals surface area contributed by atoms with Gasteiger partial charge in [0.2, 0.25) is 11.8 Å². The average molecular weight is 760 g/mol. The van der Waals surface area contributed by atoms with E-state index < -0.39 is 0 Å². The second kappa shape index (κ2) is 13.2. The third-order valence-electron chi connectivity index (χ3n) is 10.8. The Morgan fingerprint density at radius 2 is 0.847 bits per heavy atom. The summed E-state index contributed by atoms with van der Waals surface area (Å²) < 4.78 is 18.9. The highest BCUT2D eigenvalue weighted by Gasteiger charge is 2.21. The number of aromatic nitrogens is 5. The highest BCUT2D eigenvalue weighted by Crippen LogP contribution is 2.39. The molecule has 0 spiro atoms. The number of benzene rings is 8. The van der Waals surface area contributed by atoms with Crippen molar-refractivity contribution in [2.45, 2.75) is 0 Å². The molecule has 8 nitrogen and oxygen atoms in total. The van der Waals surface area contributed by atoms with Crippen molar-refractivity contribution in [3.05, 3.63) is 176 Å². The first-order valence-electron chi connectivity index (χ1n) is 19.3. The first-order valence-corrected chi connectivity index (χ1v) is 19.3. The van der Waals surface area contributed by atoms with Crippen LogP contribution in [-0.2, 0) is 0 Å². The zero-order valence-electron chi connectivity index (χ0n) is 31.2. The van der Waals surface area contributed by atoms with Crippen molar-refractivity contribution in [2.24, 2.45) is 0 Å². The number of oxazole rings is 2. The molecule has 59 heavy (non-hydrogen) atoms. The average Bonchev–Trinajstić information content (AvgIpc) is 4.04. The second-order valence-electron chi connectivity index (χ2n) is 14.5. The molecule has 12 aromatic rings. The molecule has 0 atom stereocenters. The summed E-state index contributed by atoms with van der Waals surface area (Å²) in [6, 6.07) is 58.7. The summed E-state index contributed by atoms with van der Waals surface area (Å²) in [6.07, 6.45) is 0. The van der Waals surface area contributed by atoms with Gasteiger partial charge in [0.05, 0.1) is 0 Å². The van der Waals surface area contributed by atoms with Gasteiger partial charge in [-0.3, -0.25) is 0 Å². The molecule has 0 aliphatic rings. The molecule has 0 saturated carbocycles. The van der Waals surface area contributed by atoms with Crippen LogP contribution < -0.4 is 0 Å². The maximum absolute atomic E-state index is 6.32. The standard InChI is InChI=1S/C51H29N5O3/c1-2-12-31-25-33(24-23-30(31)11-1)32-13-9-14-34(26-32)47-54-48(56-49(55-47)39-16-10-22-45-46(39)38-15-3-6-19-42(38)57-45)35-27-36(50-52-40-17-4-7-20-43(40)58-50)29-37(28-35)51-53-41-18-5-8-21-44(41)59-51/h1-29H. The lowest BCUT2D eigenvalue weighted by molar-refractivity contribution is 0.617. The predicted octanol–water partition coefficient (Wildman–Crippen LogP) is 13.2. The van der Waals surface area contributed by atoms with Crippen molar-refractivity contribution in [3.63, 3.8) is 0 Å². The molecule has 0 aliphatic carbocycles. The SMILES string of the molecule is c1cc(-c2ccc3ccccc3c2)cc(-c2nc(-c3cc(-c4nc5ccccc5o4)cc(-c4nc5ccccc5o4)c3)nc(-c3cccc4oc5ccccc5c34)n2)c1. The van der Waals surface area contributed by atoms with Crippen LogP contribution in [0.2, 0.25) is 0 Å². The fourth-order valence-electron chi connectivity index (χ4n) is 7.92. The van der Waals surface area contributed by atoms with Gasteiger partial charge in [-0.15, -0.1) is 0 Å². The van der Waals surface area contributed by atoms with Gasteiger partial charge < -0.3 is 13.3 Å². The molecule has 4 heterocycles. The van der Waals surface area contributed by atoms with Crippen LogP contribution in [0, 0.1) is 0 Å². The Labute approximate surface area is 336 Å². The Kier molecular flexibility index (Phi) is 7.36. The van der Waals surface area contributed by atoms with Crippen LogP contribution in [0.25, 0.3) is 123 Å². The van der Waals surface area contributed by atoms with Gasteiger partial charge in [0, 0.05) is 38.6 Å². The van der Waals surface area contributed by atoms with Gasteiger partial charge in [-0.05, 0) is 88.6 Å². The molecule has 4 aromatic heterocycles. The second-order valence-corrected chi connectivity index (χ2v) is 14.5. The van der Waals surface area contributed by atoms with E-state index in [4.69, 9.17) is 38.2 Å². The minimum absolute atomic E-state index is 0.456. The molecule has 0 fully saturated rings. The van der Waals surface area contributed by atoms with Gasteiger partial charge in [0.1, 0.15) is 22.2 Å². The molecule has 8 heteroatoms. The normalized spacial score (nSPS) is 11.7. The minimum atomic E-state index is 0.456. The lowest BCUT2D eigenvalue weighted by Gasteiger charge is -2.12. The molecule has 0 aliphatic heterocycles. The number of nitrogens with zero attached hydrogens (tertiary/aromatic N) is 5. The quantitative estimate of drug-likeness (QED) is 0.165. The topological polar surface area (TPSA) is 104 Å². The van der Waals surface area contributed by atoms with E-state index in [1.165, 1.54) is 10.8 Å². The minimum Gasteiger partial charge on any atom is -0.456 e. The first kappa shape index (κ1) is 33.0. The van der Waals surface area contributed by atoms with E-state index in [-0.39, 0.29) is 0 Å². The van der Waals surface area contributed by atoms with Crippen LogP contribution >= 0.6 is 0 Å². The van der Waals surface area contributed by atoms with Crippen molar-refractivity contribution in [1.82, 2.24) is 24.9 Å². The monoisotopic (exact) mass is 759 g/mol. The lowest BCUT2D eigenvalue weighted by Crippen LogP contribution is -2.01. The van der Waals surface area contributed by atoms with E-state index in [9.17, 15) is 0 Å². The van der Waals surface area contributed by atoms with E-state index in [0.29, 0.717) is 46.0 Å². The molecule has 0 N–H and O–H groups in total. The first-order chi connectivity index (χ1) is 29.2. The number of hydrogen-bond acceptors (Lipinski definition) is 8. The zero-order valence-corrected chi connectivity index (χ0v) is 31.2. The van der Waals surface area contributed by atoms with Gasteiger partial charge in [-0.1, -0.05) is 109 Å². The van der Waals surface area contributed by atoms with Crippen molar-refractivity contribution >= 4 is 54.9 Å². The Hall–Kier alpha value is -8.23. The zero-order chi connectivity index (χ0) is 38.9. The van der Waals surface area contributed by atoms with Crippen molar-refractivity contribution in [1.29, 1.82) is 0 Å². The fraction of sp³-hybridized carbons (Fsp3) is 0.